The monoisotopic (exact) mass is 298 g/mol. The Kier molecular flexibility index (Phi) is 5.00. The fourth-order valence-electron chi connectivity index (χ4n) is 1.15. The van der Waals surface area contributed by atoms with E-state index < -0.39 is 53.2 Å². The number of hydrogen-bond acceptors (Lipinski definition) is 4. The molecule has 0 fully saturated rings. The maximum Gasteiger partial charge on any atom is 0.322 e. The third kappa shape index (κ3) is 3.22. The highest BCUT2D eigenvalue weighted by molar-refractivity contribution is 5.92. The minimum atomic E-state index is -2.38. The zero-order chi connectivity index (χ0) is 15.4. The molecule has 0 atom stereocenters. The Hall–Kier alpha value is -2.19. The number of carbonyl (C=O) groups excluding carboxylic acids is 2. The minimum absolute atomic E-state index is 0.0609. The van der Waals surface area contributed by atoms with E-state index in [1.807, 2.05) is 0 Å². The van der Waals surface area contributed by atoms with E-state index in [9.17, 15) is 31.5 Å². The first-order valence-electron chi connectivity index (χ1n) is 5.17. The van der Waals surface area contributed by atoms with Gasteiger partial charge < -0.3 is 9.47 Å². The number of halogens is 5. The number of hydrogen-bond donors (Lipinski definition) is 0. The molecule has 1 aromatic rings. The Morgan fingerprint density at radius 1 is 0.850 bits per heavy atom. The van der Waals surface area contributed by atoms with E-state index in [1.54, 1.807) is 0 Å². The molecule has 0 N–H and O–H groups in total. The third-order valence-electron chi connectivity index (χ3n) is 1.98. The van der Waals surface area contributed by atoms with E-state index in [1.165, 1.54) is 6.92 Å². The molecule has 0 unspecified atom stereocenters. The van der Waals surface area contributed by atoms with Crippen LogP contribution in [0.15, 0.2) is 0 Å². The highest BCUT2D eigenvalue weighted by Gasteiger charge is 2.29. The molecular weight excluding hydrogens is 291 g/mol. The largest absolute Gasteiger partial charge is 0.466 e. The molecule has 9 heteroatoms. The zero-order valence-corrected chi connectivity index (χ0v) is 9.94. The van der Waals surface area contributed by atoms with Crippen molar-refractivity contribution in [3.05, 3.63) is 29.1 Å². The smallest absolute Gasteiger partial charge is 0.322 e. The molecule has 0 saturated heterocycles. The second-order valence-electron chi connectivity index (χ2n) is 3.35. The topological polar surface area (TPSA) is 52.6 Å². The molecule has 20 heavy (non-hydrogen) atoms. The van der Waals surface area contributed by atoms with Crippen LogP contribution in [0, 0.1) is 29.1 Å². The van der Waals surface area contributed by atoms with Gasteiger partial charge in [0.2, 0.25) is 34.8 Å². The van der Waals surface area contributed by atoms with Crippen LogP contribution >= 0.6 is 0 Å². The molecule has 1 rings (SSSR count). The van der Waals surface area contributed by atoms with Gasteiger partial charge in [0.15, 0.2) is 0 Å². The molecule has 0 radical (unpaired) electrons. The average Bonchev–Trinajstić information content (AvgIpc) is 2.39. The molecule has 4 nitrogen and oxygen atoms in total. The van der Waals surface area contributed by atoms with Crippen molar-refractivity contribution in [2.45, 2.75) is 13.3 Å². The van der Waals surface area contributed by atoms with Crippen molar-refractivity contribution < 1.29 is 41.0 Å². The number of rotatable bonds is 4. The molecule has 0 amide bonds. The van der Waals surface area contributed by atoms with Gasteiger partial charge in [0.1, 0.15) is 6.42 Å². The Labute approximate surface area is 109 Å². The van der Waals surface area contributed by atoms with Crippen LogP contribution in [0.2, 0.25) is 0 Å². The molecule has 0 heterocycles. The van der Waals surface area contributed by atoms with Crippen molar-refractivity contribution in [2.75, 3.05) is 6.61 Å². The summed E-state index contributed by atoms with van der Waals surface area (Å²) >= 11 is 0. The minimum Gasteiger partial charge on any atom is -0.466 e. The highest BCUT2D eigenvalue weighted by Crippen LogP contribution is 2.29. The molecule has 0 aliphatic carbocycles. The predicted molar refractivity (Wildman–Crippen MR) is 53.1 cm³/mol. The summed E-state index contributed by atoms with van der Waals surface area (Å²) in [7, 11) is 0. The van der Waals surface area contributed by atoms with E-state index >= 15 is 0 Å². The van der Waals surface area contributed by atoms with Gasteiger partial charge in [-0.05, 0) is 6.92 Å². The summed E-state index contributed by atoms with van der Waals surface area (Å²) in [5.41, 5.74) is 0. The number of ether oxygens (including phenoxy) is 2. The Bertz CT molecular complexity index is 529. The van der Waals surface area contributed by atoms with Crippen LogP contribution in [0.25, 0.3) is 0 Å². The van der Waals surface area contributed by atoms with Crippen LogP contribution in [-0.4, -0.2) is 18.5 Å². The van der Waals surface area contributed by atoms with E-state index in [0.29, 0.717) is 0 Å². The van der Waals surface area contributed by atoms with Gasteiger partial charge in [-0.15, -0.1) is 0 Å². The van der Waals surface area contributed by atoms with Crippen LogP contribution in [-0.2, 0) is 14.3 Å². The summed E-state index contributed by atoms with van der Waals surface area (Å²) in [6.45, 7) is 1.38. The highest BCUT2D eigenvalue weighted by atomic mass is 19.2. The number of esters is 2. The van der Waals surface area contributed by atoms with Gasteiger partial charge in [0.25, 0.3) is 0 Å². The van der Waals surface area contributed by atoms with Crippen LogP contribution in [0.5, 0.6) is 5.75 Å². The van der Waals surface area contributed by atoms with Gasteiger partial charge in [-0.3, -0.25) is 9.59 Å². The number of benzene rings is 1. The lowest BCUT2D eigenvalue weighted by Gasteiger charge is -2.08. The van der Waals surface area contributed by atoms with E-state index in [0.717, 1.165) is 0 Å². The maximum atomic E-state index is 13.1. The fourth-order valence-corrected chi connectivity index (χ4v) is 1.15. The maximum absolute atomic E-state index is 13.1. The van der Waals surface area contributed by atoms with Gasteiger partial charge in [-0.1, -0.05) is 0 Å². The first-order valence-corrected chi connectivity index (χ1v) is 5.17. The summed E-state index contributed by atoms with van der Waals surface area (Å²) in [6.07, 6.45) is -1.03. The third-order valence-corrected chi connectivity index (χ3v) is 1.98. The van der Waals surface area contributed by atoms with Crippen molar-refractivity contribution in [1.82, 2.24) is 0 Å². The summed E-state index contributed by atoms with van der Waals surface area (Å²) in [5, 5.41) is 0. The van der Waals surface area contributed by atoms with Crippen LogP contribution in [0.1, 0.15) is 13.3 Å². The first kappa shape index (κ1) is 15.9. The van der Waals surface area contributed by atoms with Crippen molar-refractivity contribution in [3.8, 4) is 5.75 Å². The van der Waals surface area contributed by atoms with Gasteiger partial charge in [0, 0.05) is 0 Å². The van der Waals surface area contributed by atoms with Crippen LogP contribution in [0.3, 0.4) is 0 Å². The van der Waals surface area contributed by atoms with Crippen LogP contribution in [0.4, 0.5) is 22.0 Å². The van der Waals surface area contributed by atoms with Crippen LogP contribution < -0.4 is 4.74 Å². The predicted octanol–water partition coefficient (Wildman–Crippen LogP) is 2.24. The van der Waals surface area contributed by atoms with E-state index in [-0.39, 0.29) is 6.61 Å². The molecule has 0 aliphatic heterocycles. The molecular formula is C11H7F5O4. The van der Waals surface area contributed by atoms with Crippen molar-refractivity contribution in [2.24, 2.45) is 0 Å². The molecule has 0 bridgehead atoms. The van der Waals surface area contributed by atoms with E-state index in [2.05, 4.69) is 9.47 Å². The van der Waals surface area contributed by atoms with Gasteiger partial charge in [-0.25, -0.2) is 13.2 Å². The second-order valence-corrected chi connectivity index (χ2v) is 3.35. The standard InChI is InChI=1S/C11H7F5O4/c1-2-19-4(17)3-5(18)20-11-9(15)7(13)6(12)8(14)10(11)16/h2-3H2,1H3. The van der Waals surface area contributed by atoms with E-state index in [4.69, 9.17) is 0 Å². The Balaban J connectivity index is 2.99. The van der Waals surface area contributed by atoms with Crippen molar-refractivity contribution in [3.63, 3.8) is 0 Å². The summed E-state index contributed by atoms with van der Waals surface area (Å²) in [5.74, 6) is -15.9. The molecule has 1 aromatic carbocycles. The van der Waals surface area contributed by atoms with Gasteiger partial charge >= 0.3 is 11.9 Å². The quantitative estimate of drug-likeness (QED) is 0.214. The lowest BCUT2D eigenvalue weighted by molar-refractivity contribution is -0.150. The molecule has 0 aromatic heterocycles. The Morgan fingerprint density at radius 2 is 1.30 bits per heavy atom. The molecule has 110 valence electrons. The summed E-state index contributed by atoms with van der Waals surface area (Å²) in [6, 6.07) is 0. The second kappa shape index (κ2) is 6.31. The summed E-state index contributed by atoms with van der Waals surface area (Å²) in [4.78, 5) is 22.0. The lowest BCUT2D eigenvalue weighted by Crippen LogP contribution is -2.18. The SMILES string of the molecule is CCOC(=O)CC(=O)Oc1c(F)c(F)c(F)c(F)c1F. The normalized spacial score (nSPS) is 10.3. The zero-order valence-electron chi connectivity index (χ0n) is 9.94. The molecule has 0 aliphatic rings. The lowest BCUT2D eigenvalue weighted by atomic mass is 10.2. The van der Waals surface area contributed by atoms with Gasteiger partial charge in [0.05, 0.1) is 6.61 Å². The Morgan fingerprint density at radius 3 is 1.75 bits per heavy atom. The first-order chi connectivity index (χ1) is 9.29. The molecule has 0 saturated carbocycles. The summed E-state index contributed by atoms with van der Waals surface area (Å²) < 4.78 is 72.9. The van der Waals surface area contributed by atoms with Crippen molar-refractivity contribution >= 4 is 11.9 Å². The average molecular weight is 298 g/mol. The van der Waals surface area contributed by atoms with Gasteiger partial charge in [-0.2, -0.15) is 8.78 Å². The fraction of sp³-hybridized carbons (Fsp3) is 0.273. The molecule has 0 spiro atoms. The number of carbonyl (C=O) groups is 2. The van der Waals surface area contributed by atoms with Crippen molar-refractivity contribution in [1.29, 1.82) is 0 Å².